The first-order chi connectivity index (χ1) is 13.8. The maximum absolute atomic E-state index is 13.6. The summed E-state index contributed by atoms with van der Waals surface area (Å²) < 4.78 is -0.268. The van der Waals surface area contributed by atoms with Crippen LogP contribution in [0, 0.1) is 0 Å². The second kappa shape index (κ2) is 8.81. The minimum atomic E-state index is -1.44. The number of aliphatic hydroxyl groups excluding tert-OH is 1. The topological polar surface area (TPSA) is 106 Å². The molecule has 0 spiro atoms. The Morgan fingerprint density at radius 3 is 2.52 bits per heavy atom. The Morgan fingerprint density at radius 2 is 1.86 bits per heavy atom. The number of nitrogens with zero attached hydrogens (tertiary/aromatic N) is 1. The summed E-state index contributed by atoms with van der Waals surface area (Å²) in [7, 11) is 0. The lowest BCUT2D eigenvalue weighted by Gasteiger charge is -2.38. The van der Waals surface area contributed by atoms with E-state index in [1.54, 1.807) is 42.5 Å². The highest BCUT2D eigenvalue weighted by Gasteiger charge is 2.53. The molecule has 0 saturated carbocycles. The molecule has 1 aliphatic rings. The van der Waals surface area contributed by atoms with Crippen molar-refractivity contribution in [3.8, 4) is 0 Å². The Labute approximate surface area is 179 Å². The summed E-state index contributed by atoms with van der Waals surface area (Å²) in [6.07, 6.45) is -0.323. The summed E-state index contributed by atoms with van der Waals surface area (Å²) >= 11 is 12.2. The average molecular weight is 437 g/mol. The lowest BCUT2D eigenvalue weighted by Crippen LogP contribution is -2.61. The molecule has 6 nitrogen and oxygen atoms in total. The lowest BCUT2D eigenvalue weighted by atomic mass is 10.0. The van der Waals surface area contributed by atoms with E-state index in [-0.39, 0.29) is 17.6 Å². The van der Waals surface area contributed by atoms with Gasteiger partial charge in [0.05, 0.1) is 6.54 Å². The molecule has 0 aromatic heterocycles. The fraction of sp³-hybridized carbons (Fsp3) is 0.333. The van der Waals surface area contributed by atoms with Crippen molar-refractivity contribution in [3.63, 3.8) is 0 Å². The molecule has 0 bridgehead atoms. The zero-order valence-electron chi connectivity index (χ0n) is 15.9. The molecule has 5 N–H and O–H groups in total. The van der Waals surface area contributed by atoms with E-state index >= 15 is 0 Å². The molecule has 29 heavy (non-hydrogen) atoms. The summed E-state index contributed by atoms with van der Waals surface area (Å²) in [6.45, 7) is 0.830. The minimum Gasteiger partial charge on any atom is -0.375 e. The molecule has 2 amide bonds. The maximum Gasteiger partial charge on any atom is 0.347 e. The summed E-state index contributed by atoms with van der Waals surface area (Å²) in [4.78, 5) is 25.8. The molecule has 1 unspecified atom stereocenters. The summed E-state index contributed by atoms with van der Waals surface area (Å²) in [5.41, 5.74) is 13.5. The number of rotatable bonds is 6. The maximum atomic E-state index is 13.6. The standard InChI is InChI=1S/C21H23Cl2N3O3/c22-16-4-1-3-13(9-16)19(27)21(29)26(8-2-5-18(26)20(25)28)12-15-10-17(23)7-6-14(15)11-24/h1,3-4,6-7,9-10,18-19,27H,2,5,8,11-12,24H2,(H-,25,28)/p+1/t18-,19+,26?/m0/s1. The van der Waals surface area contributed by atoms with Gasteiger partial charge >= 0.3 is 5.91 Å². The first-order valence-electron chi connectivity index (χ1n) is 9.40. The predicted molar refractivity (Wildman–Crippen MR) is 112 cm³/mol. The van der Waals surface area contributed by atoms with Gasteiger partial charge in [-0.3, -0.25) is 4.79 Å². The molecular weight excluding hydrogens is 413 g/mol. The van der Waals surface area contributed by atoms with Gasteiger partial charge in [0.25, 0.3) is 5.91 Å². The third kappa shape index (κ3) is 4.32. The highest BCUT2D eigenvalue weighted by molar-refractivity contribution is 6.30. The van der Waals surface area contributed by atoms with Gasteiger partial charge in [-0.2, -0.15) is 0 Å². The van der Waals surface area contributed by atoms with Crippen molar-refractivity contribution < 1.29 is 19.2 Å². The van der Waals surface area contributed by atoms with Crippen LogP contribution < -0.4 is 11.5 Å². The van der Waals surface area contributed by atoms with Gasteiger partial charge in [-0.1, -0.05) is 41.4 Å². The van der Waals surface area contributed by atoms with Crippen molar-refractivity contribution in [1.29, 1.82) is 0 Å². The number of nitrogens with two attached hydrogens (primary N) is 2. The Kier molecular flexibility index (Phi) is 6.61. The fourth-order valence-corrected chi connectivity index (χ4v) is 4.59. The highest BCUT2D eigenvalue weighted by atomic mass is 35.5. The second-order valence-corrected chi connectivity index (χ2v) is 8.26. The number of aliphatic hydroxyl groups is 1. The van der Waals surface area contributed by atoms with Crippen molar-refractivity contribution in [2.75, 3.05) is 6.54 Å². The van der Waals surface area contributed by atoms with Crippen LogP contribution in [0.1, 0.15) is 35.6 Å². The molecule has 2 aromatic rings. The molecular formula is C21H24Cl2N3O3+. The zero-order valence-corrected chi connectivity index (χ0v) is 17.4. The molecule has 1 heterocycles. The van der Waals surface area contributed by atoms with E-state index in [0.717, 1.165) is 11.1 Å². The van der Waals surface area contributed by atoms with Crippen LogP contribution in [0.3, 0.4) is 0 Å². The van der Waals surface area contributed by atoms with Crippen LogP contribution in [0.25, 0.3) is 0 Å². The number of amides is 2. The van der Waals surface area contributed by atoms with Crippen LogP contribution >= 0.6 is 23.2 Å². The summed E-state index contributed by atoms with van der Waals surface area (Å²) in [5, 5.41) is 11.8. The fourth-order valence-electron chi connectivity index (χ4n) is 4.19. The number of primary amides is 1. The van der Waals surface area contributed by atoms with Gasteiger partial charge in [0.2, 0.25) is 0 Å². The number of hydrogen-bond donors (Lipinski definition) is 3. The van der Waals surface area contributed by atoms with Gasteiger partial charge in [-0.25, -0.2) is 9.28 Å². The van der Waals surface area contributed by atoms with E-state index < -0.39 is 24.0 Å². The van der Waals surface area contributed by atoms with Gasteiger partial charge in [-0.05, 0) is 35.4 Å². The van der Waals surface area contributed by atoms with Crippen molar-refractivity contribution >= 4 is 35.0 Å². The van der Waals surface area contributed by atoms with Gasteiger partial charge in [-0.15, -0.1) is 0 Å². The monoisotopic (exact) mass is 436 g/mol. The molecule has 3 rings (SSSR count). The number of carbonyl (C=O) groups is 2. The SMILES string of the molecule is NCc1ccc(Cl)cc1C[N+]1(C(=O)[C@H](O)c2cccc(Cl)c2)CCC[C@H]1C(N)=O. The van der Waals surface area contributed by atoms with E-state index in [2.05, 4.69) is 0 Å². The Hall–Kier alpha value is -1.96. The summed E-state index contributed by atoms with van der Waals surface area (Å²) in [6, 6.07) is 11.1. The Bertz CT molecular complexity index is 937. The third-order valence-corrected chi connectivity index (χ3v) is 6.11. The van der Waals surface area contributed by atoms with Gasteiger partial charge in [0.15, 0.2) is 12.1 Å². The molecule has 8 heteroatoms. The Morgan fingerprint density at radius 1 is 1.14 bits per heavy atom. The van der Waals surface area contributed by atoms with Gasteiger partial charge in [0, 0.05) is 35.0 Å². The molecule has 0 radical (unpaired) electrons. The summed E-state index contributed by atoms with van der Waals surface area (Å²) in [5.74, 6) is -1.05. The molecule has 3 atom stereocenters. The van der Waals surface area contributed by atoms with E-state index in [4.69, 9.17) is 34.7 Å². The quantitative estimate of drug-likeness (QED) is 0.604. The smallest absolute Gasteiger partial charge is 0.347 e. The predicted octanol–water partition coefficient (Wildman–Crippen LogP) is 2.68. The van der Waals surface area contributed by atoms with Crippen LogP contribution in [0.5, 0.6) is 0 Å². The minimum absolute atomic E-state index is 0.178. The van der Waals surface area contributed by atoms with Crippen LogP contribution in [0.15, 0.2) is 42.5 Å². The molecule has 1 saturated heterocycles. The van der Waals surface area contributed by atoms with Crippen molar-refractivity contribution in [2.45, 2.75) is 38.1 Å². The van der Waals surface area contributed by atoms with Crippen LogP contribution in [0.2, 0.25) is 10.0 Å². The van der Waals surface area contributed by atoms with Crippen molar-refractivity contribution in [1.82, 2.24) is 0 Å². The third-order valence-electron chi connectivity index (χ3n) is 5.64. The van der Waals surface area contributed by atoms with Gasteiger partial charge in [0.1, 0.15) is 6.54 Å². The largest absolute Gasteiger partial charge is 0.375 e. The number of carbonyl (C=O) groups excluding carboxylic acids is 2. The van der Waals surface area contributed by atoms with E-state index in [1.165, 1.54) is 0 Å². The second-order valence-electron chi connectivity index (χ2n) is 7.39. The first-order valence-corrected chi connectivity index (χ1v) is 10.2. The molecule has 1 fully saturated rings. The molecule has 154 valence electrons. The zero-order chi connectivity index (χ0) is 21.2. The number of hydrogen-bond acceptors (Lipinski definition) is 4. The molecule has 2 aromatic carbocycles. The number of likely N-dealkylation sites (tertiary alicyclic amines) is 1. The normalized spacial score (nSPS) is 22.4. The van der Waals surface area contributed by atoms with E-state index in [9.17, 15) is 14.7 Å². The van der Waals surface area contributed by atoms with Crippen LogP contribution in [-0.2, 0) is 22.7 Å². The Balaban J connectivity index is 2.06. The van der Waals surface area contributed by atoms with Gasteiger partial charge < -0.3 is 16.6 Å². The number of benzene rings is 2. The average Bonchev–Trinajstić information content (AvgIpc) is 3.12. The number of halogens is 2. The lowest BCUT2D eigenvalue weighted by molar-refractivity contribution is -0.872. The highest BCUT2D eigenvalue weighted by Crippen LogP contribution is 2.36. The van der Waals surface area contributed by atoms with Crippen molar-refractivity contribution in [2.24, 2.45) is 11.5 Å². The van der Waals surface area contributed by atoms with Crippen molar-refractivity contribution in [3.05, 3.63) is 69.2 Å². The molecule has 1 aliphatic heterocycles. The van der Waals surface area contributed by atoms with Crippen LogP contribution in [-0.4, -0.2) is 34.0 Å². The first kappa shape index (κ1) is 21.7. The van der Waals surface area contributed by atoms with E-state index in [1.807, 2.05) is 0 Å². The van der Waals surface area contributed by atoms with Crippen LogP contribution in [0.4, 0.5) is 0 Å². The van der Waals surface area contributed by atoms with E-state index in [0.29, 0.717) is 35.0 Å². The number of quaternary nitrogens is 1. The molecule has 0 aliphatic carbocycles.